The standard InChI is InChI=1S/C13H14N2O2/c1-9(2)12(16)8-15-13(17)10-4-6-11(14-3)7-5-10/h4-7,9H,8H2,1-2H3,(H,15,17). The van der Waals surface area contributed by atoms with Gasteiger partial charge in [-0.1, -0.05) is 38.1 Å². The number of amides is 1. The minimum Gasteiger partial charge on any atom is -0.345 e. The zero-order valence-corrected chi connectivity index (χ0v) is 9.86. The van der Waals surface area contributed by atoms with Crippen molar-refractivity contribution in [1.29, 1.82) is 0 Å². The van der Waals surface area contributed by atoms with E-state index in [-0.39, 0.29) is 24.2 Å². The molecule has 0 aliphatic rings. The second kappa shape index (κ2) is 5.80. The Balaban J connectivity index is 2.59. The van der Waals surface area contributed by atoms with Crippen LogP contribution in [0.15, 0.2) is 24.3 Å². The van der Waals surface area contributed by atoms with Crippen LogP contribution in [0.2, 0.25) is 0 Å². The lowest BCUT2D eigenvalue weighted by Gasteiger charge is -2.06. The van der Waals surface area contributed by atoms with Gasteiger partial charge in [-0.3, -0.25) is 9.59 Å². The third-order valence-electron chi connectivity index (χ3n) is 2.33. The van der Waals surface area contributed by atoms with E-state index >= 15 is 0 Å². The Bertz CT molecular complexity index is 455. The molecule has 0 aliphatic carbocycles. The van der Waals surface area contributed by atoms with E-state index in [1.807, 2.05) is 0 Å². The molecule has 0 aromatic heterocycles. The number of carbonyl (C=O) groups is 2. The van der Waals surface area contributed by atoms with Gasteiger partial charge < -0.3 is 5.32 Å². The third kappa shape index (κ3) is 3.72. The van der Waals surface area contributed by atoms with E-state index in [2.05, 4.69) is 10.2 Å². The maximum atomic E-state index is 11.6. The molecule has 1 rings (SSSR count). The van der Waals surface area contributed by atoms with Crippen molar-refractivity contribution < 1.29 is 9.59 Å². The Kier molecular flexibility index (Phi) is 4.41. The number of Topliss-reactive ketones (excluding diaryl/α,β-unsaturated/α-hetero) is 1. The van der Waals surface area contributed by atoms with E-state index in [0.29, 0.717) is 11.3 Å². The second-order valence-electron chi connectivity index (χ2n) is 3.96. The van der Waals surface area contributed by atoms with Crippen molar-refractivity contribution in [3.63, 3.8) is 0 Å². The molecular weight excluding hydrogens is 216 g/mol. The Morgan fingerprint density at radius 2 is 1.88 bits per heavy atom. The van der Waals surface area contributed by atoms with Crippen LogP contribution in [0.25, 0.3) is 4.85 Å². The van der Waals surface area contributed by atoms with Crippen LogP contribution in [-0.4, -0.2) is 18.2 Å². The molecule has 1 aromatic rings. The predicted molar refractivity (Wildman–Crippen MR) is 64.9 cm³/mol. The number of rotatable bonds is 4. The molecule has 0 saturated heterocycles. The first kappa shape index (κ1) is 12.9. The van der Waals surface area contributed by atoms with E-state index in [0.717, 1.165) is 0 Å². The number of nitrogens with one attached hydrogen (secondary N) is 1. The van der Waals surface area contributed by atoms with Crippen molar-refractivity contribution in [2.45, 2.75) is 13.8 Å². The molecule has 0 spiro atoms. The molecule has 88 valence electrons. The lowest BCUT2D eigenvalue weighted by molar-refractivity contribution is -0.120. The number of ketones is 1. The molecule has 1 amide bonds. The highest BCUT2D eigenvalue weighted by Gasteiger charge is 2.10. The second-order valence-corrected chi connectivity index (χ2v) is 3.96. The first-order valence-electron chi connectivity index (χ1n) is 5.33. The highest BCUT2D eigenvalue weighted by Crippen LogP contribution is 2.12. The van der Waals surface area contributed by atoms with Crippen molar-refractivity contribution in [2.24, 2.45) is 5.92 Å². The van der Waals surface area contributed by atoms with Crippen LogP contribution in [0, 0.1) is 12.5 Å². The number of hydrogen-bond donors (Lipinski definition) is 1. The van der Waals surface area contributed by atoms with Gasteiger partial charge in [0, 0.05) is 11.5 Å². The molecule has 17 heavy (non-hydrogen) atoms. The van der Waals surface area contributed by atoms with Crippen LogP contribution in [0.5, 0.6) is 0 Å². The summed E-state index contributed by atoms with van der Waals surface area (Å²) in [5.41, 5.74) is 0.939. The highest BCUT2D eigenvalue weighted by molar-refractivity contribution is 5.97. The van der Waals surface area contributed by atoms with Crippen molar-refractivity contribution in [1.82, 2.24) is 5.32 Å². The maximum absolute atomic E-state index is 11.6. The normalized spacial score (nSPS) is 9.76. The summed E-state index contributed by atoms with van der Waals surface area (Å²) in [4.78, 5) is 26.2. The number of benzene rings is 1. The average Bonchev–Trinajstić information content (AvgIpc) is 2.35. The summed E-state index contributed by atoms with van der Waals surface area (Å²) >= 11 is 0. The van der Waals surface area contributed by atoms with Crippen LogP contribution in [-0.2, 0) is 4.79 Å². The Morgan fingerprint density at radius 3 is 2.35 bits per heavy atom. The zero-order chi connectivity index (χ0) is 12.8. The van der Waals surface area contributed by atoms with Gasteiger partial charge in [-0.05, 0) is 0 Å². The van der Waals surface area contributed by atoms with E-state index in [9.17, 15) is 9.59 Å². The molecule has 0 unspecified atom stereocenters. The summed E-state index contributed by atoms with van der Waals surface area (Å²) in [6.45, 7) is 10.4. The van der Waals surface area contributed by atoms with Crippen molar-refractivity contribution in [2.75, 3.05) is 6.54 Å². The SMILES string of the molecule is [C-]#[N+]c1ccc(C(=O)NCC(=O)C(C)C)cc1. The predicted octanol–water partition coefficient (Wildman–Crippen LogP) is 2.19. The molecule has 0 heterocycles. The number of hydrogen-bond acceptors (Lipinski definition) is 2. The molecule has 0 saturated carbocycles. The first-order chi connectivity index (χ1) is 8.04. The van der Waals surface area contributed by atoms with Gasteiger partial charge in [-0.25, -0.2) is 4.85 Å². The van der Waals surface area contributed by atoms with Gasteiger partial charge in [0.25, 0.3) is 5.91 Å². The van der Waals surface area contributed by atoms with Crippen molar-refractivity contribution >= 4 is 17.4 Å². The molecule has 0 aliphatic heterocycles. The summed E-state index contributed by atoms with van der Waals surface area (Å²) in [6.07, 6.45) is 0. The quantitative estimate of drug-likeness (QED) is 0.806. The van der Waals surface area contributed by atoms with Crippen molar-refractivity contribution in [3.8, 4) is 0 Å². The third-order valence-corrected chi connectivity index (χ3v) is 2.33. The molecule has 4 heteroatoms. The summed E-state index contributed by atoms with van der Waals surface area (Å²) in [6, 6.07) is 6.30. The zero-order valence-electron chi connectivity index (χ0n) is 9.86. The topological polar surface area (TPSA) is 50.5 Å². The smallest absolute Gasteiger partial charge is 0.251 e. The van der Waals surface area contributed by atoms with E-state index < -0.39 is 0 Å². The summed E-state index contributed by atoms with van der Waals surface area (Å²) in [7, 11) is 0. The Labute approximate surface area is 100 Å². The van der Waals surface area contributed by atoms with Gasteiger partial charge >= 0.3 is 0 Å². The highest BCUT2D eigenvalue weighted by atomic mass is 16.2. The molecular formula is C13H14N2O2. The number of nitrogens with zero attached hydrogens (tertiary/aromatic N) is 1. The molecule has 4 nitrogen and oxygen atoms in total. The molecule has 1 N–H and O–H groups in total. The fourth-order valence-electron chi connectivity index (χ4n) is 1.16. The Hall–Kier alpha value is -2.15. The molecule has 0 fully saturated rings. The monoisotopic (exact) mass is 230 g/mol. The summed E-state index contributed by atoms with van der Waals surface area (Å²) in [5, 5.41) is 2.55. The minimum absolute atomic E-state index is 0.00358. The summed E-state index contributed by atoms with van der Waals surface area (Å²) < 4.78 is 0. The van der Waals surface area contributed by atoms with Crippen LogP contribution >= 0.6 is 0 Å². The molecule has 0 bridgehead atoms. The first-order valence-corrected chi connectivity index (χ1v) is 5.33. The molecule has 0 atom stereocenters. The summed E-state index contributed by atoms with van der Waals surface area (Å²) in [5.74, 6) is -0.383. The van der Waals surface area contributed by atoms with Crippen LogP contribution in [0.4, 0.5) is 5.69 Å². The fourth-order valence-corrected chi connectivity index (χ4v) is 1.16. The van der Waals surface area contributed by atoms with Crippen molar-refractivity contribution in [3.05, 3.63) is 41.2 Å². The van der Waals surface area contributed by atoms with E-state index in [1.54, 1.807) is 38.1 Å². The van der Waals surface area contributed by atoms with Crippen LogP contribution in [0.3, 0.4) is 0 Å². The lowest BCUT2D eigenvalue weighted by Crippen LogP contribution is -2.31. The van der Waals surface area contributed by atoms with E-state index in [4.69, 9.17) is 6.57 Å². The molecule has 0 radical (unpaired) electrons. The average molecular weight is 230 g/mol. The largest absolute Gasteiger partial charge is 0.345 e. The number of carbonyl (C=O) groups excluding carboxylic acids is 2. The van der Waals surface area contributed by atoms with Gasteiger partial charge in [-0.2, -0.15) is 0 Å². The Morgan fingerprint density at radius 1 is 1.29 bits per heavy atom. The van der Waals surface area contributed by atoms with Gasteiger partial charge in [-0.15, -0.1) is 0 Å². The van der Waals surface area contributed by atoms with Gasteiger partial charge in [0.1, 0.15) is 0 Å². The molecule has 1 aromatic carbocycles. The lowest BCUT2D eigenvalue weighted by atomic mass is 10.1. The van der Waals surface area contributed by atoms with Crippen LogP contribution < -0.4 is 5.32 Å². The van der Waals surface area contributed by atoms with Gasteiger partial charge in [0.05, 0.1) is 13.1 Å². The van der Waals surface area contributed by atoms with E-state index in [1.165, 1.54) is 0 Å². The van der Waals surface area contributed by atoms with Crippen LogP contribution in [0.1, 0.15) is 24.2 Å². The van der Waals surface area contributed by atoms with Gasteiger partial charge in [0.2, 0.25) is 0 Å². The minimum atomic E-state index is -0.296. The maximum Gasteiger partial charge on any atom is 0.251 e. The fraction of sp³-hybridized carbons (Fsp3) is 0.308. The van der Waals surface area contributed by atoms with Gasteiger partial charge in [0.15, 0.2) is 11.5 Å².